The number of hydrogen-bond acceptors (Lipinski definition) is 2. The second kappa shape index (κ2) is 5.61. The van der Waals surface area contributed by atoms with Crippen molar-refractivity contribution in [2.24, 2.45) is 0 Å². The van der Waals surface area contributed by atoms with Crippen molar-refractivity contribution in [2.45, 2.75) is 13.8 Å². The average Bonchev–Trinajstić information content (AvgIpc) is 2.26. The monoisotopic (exact) mass is 238 g/mol. The molecule has 0 saturated carbocycles. The number of allylic oxidation sites excluding steroid dienone is 1. The predicted molar refractivity (Wildman–Crippen MR) is 68.0 cm³/mol. The van der Waals surface area contributed by atoms with E-state index in [9.17, 15) is 5.11 Å². The number of rotatable bonds is 4. The van der Waals surface area contributed by atoms with Crippen LogP contribution in [0.1, 0.15) is 19.4 Å². The molecule has 0 unspecified atom stereocenters. The van der Waals surface area contributed by atoms with Crippen LogP contribution in [0.3, 0.4) is 0 Å². The Balaban J connectivity index is 2.99. The number of ether oxygens (including phenoxy) is 1. The Morgan fingerprint density at radius 3 is 2.69 bits per heavy atom. The van der Waals surface area contributed by atoms with Crippen LogP contribution in [0.15, 0.2) is 36.4 Å². The van der Waals surface area contributed by atoms with Crippen LogP contribution in [0.25, 0.3) is 5.76 Å². The maximum Gasteiger partial charge on any atom is 0.138 e. The minimum atomic E-state index is 0.247. The van der Waals surface area contributed by atoms with Crippen LogP contribution in [0.5, 0.6) is 5.75 Å². The van der Waals surface area contributed by atoms with Gasteiger partial charge in [-0.1, -0.05) is 24.3 Å². The molecule has 1 N–H and O–H groups in total. The van der Waals surface area contributed by atoms with E-state index in [-0.39, 0.29) is 5.76 Å². The first-order valence-corrected chi connectivity index (χ1v) is 5.34. The topological polar surface area (TPSA) is 29.5 Å². The lowest BCUT2D eigenvalue weighted by Gasteiger charge is -2.08. The Morgan fingerprint density at radius 2 is 2.19 bits per heavy atom. The molecule has 0 aliphatic heterocycles. The summed E-state index contributed by atoms with van der Waals surface area (Å²) in [5.74, 6) is 0.837. The molecular weight excluding hydrogens is 224 g/mol. The fourth-order valence-electron chi connectivity index (χ4n) is 1.20. The van der Waals surface area contributed by atoms with Crippen molar-refractivity contribution in [1.29, 1.82) is 0 Å². The molecule has 0 radical (unpaired) electrons. The molecule has 0 fully saturated rings. The molecule has 0 spiro atoms. The van der Waals surface area contributed by atoms with E-state index in [1.165, 1.54) is 0 Å². The normalized spacial score (nSPS) is 9.69. The molecule has 0 aliphatic rings. The molecule has 2 nitrogen and oxygen atoms in total. The lowest BCUT2D eigenvalue weighted by atomic mass is 10.1. The van der Waals surface area contributed by atoms with Gasteiger partial charge in [-0.2, -0.15) is 0 Å². The number of aliphatic hydroxyl groups is 1. The zero-order chi connectivity index (χ0) is 12.1. The molecule has 1 aromatic rings. The van der Waals surface area contributed by atoms with E-state index in [4.69, 9.17) is 16.3 Å². The highest BCUT2D eigenvalue weighted by Crippen LogP contribution is 2.28. The zero-order valence-electron chi connectivity index (χ0n) is 9.46. The SMILES string of the molecule is C=CCOc1ccc(C(O)=C(C)C)cc1Cl. The molecule has 1 aromatic carbocycles. The number of hydrogen-bond donors (Lipinski definition) is 1. The van der Waals surface area contributed by atoms with Crippen LogP contribution >= 0.6 is 11.6 Å². The third-order valence-corrected chi connectivity index (χ3v) is 2.33. The largest absolute Gasteiger partial charge is 0.507 e. The molecular formula is C13H15ClO2. The Morgan fingerprint density at radius 1 is 1.50 bits per heavy atom. The van der Waals surface area contributed by atoms with Crippen molar-refractivity contribution >= 4 is 17.4 Å². The van der Waals surface area contributed by atoms with Gasteiger partial charge in [-0.15, -0.1) is 0 Å². The molecule has 16 heavy (non-hydrogen) atoms. The molecule has 0 amide bonds. The third-order valence-electron chi connectivity index (χ3n) is 2.04. The van der Waals surface area contributed by atoms with Crippen molar-refractivity contribution in [3.05, 3.63) is 47.0 Å². The molecule has 0 aromatic heterocycles. The summed E-state index contributed by atoms with van der Waals surface area (Å²) in [5, 5.41) is 10.2. The summed E-state index contributed by atoms with van der Waals surface area (Å²) in [7, 11) is 0. The van der Waals surface area contributed by atoms with Gasteiger partial charge in [0.25, 0.3) is 0 Å². The smallest absolute Gasteiger partial charge is 0.138 e. The van der Waals surface area contributed by atoms with Gasteiger partial charge in [-0.05, 0) is 37.6 Å². The first-order valence-electron chi connectivity index (χ1n) is 4.96. The minimum Gasteiger partial charge on any atom is -0.507 e. The number of halogens is 1. The van der Waals surface area contributed by atoms with Gasteiger partial charge in [0.2, 0.25) is 0 Å². The fourth-order valence-corrected chi connectivity index (χ4v) is 1.44. The summed E-state index contributed by atoms with van der Waals surface area (Å²) >= 11 is 6.02. The predicted octanol–water partition coefficient (Wildman–Crippen LogP) is 4.21. The summed E-state index contributed by atoms with van der Waals surface area (Å²) in [4.78, 5) is 0. The van der Waals surface area contributed by atoms with E-state index in [0.29, 0.717) is 22.9 Å². The lowest BCUT2D eigenvalue weighted by Crippen LogP contribution is -1.94. The average molecular weight is 239 g/mol. The van der Waals surface area contributed by atoms with Crippen LogP contribution in [-0.4, -0.2) is 11.7 Å². The number of aliphatic hydroxyl groups excluding tert-OH is 1. The minimum absolute atomic E-state index is 0.247. The molecule has 1 rings (SSSR count). The quantitative estimate of drug-likeness (QED) is 0.629. The van der Waals surface area contributed by atoms with Crippen molar-refractivity contribution in [2.75, 3.05) is 6.61 Å². The van der Waals surface area contributed by atoms with E-state index in [0.717, 1.165) is 5.57 Å². The molecule has 0 aliphatic carbocycles. The van der Waals surface area contributed by atoms with E-state index in [1.54, 1.807) is 24.3 Å². The highest BCUT2D eigenvalue weighted by atomic mass is 35.5. The van der Waals surface area contributed by atoms with Gasteiger partial charge in [0.1, 0.15) is 18.1 Å². The van der Waals surface area contributed by atoms with Crippen LogP contribution < -0.4 is 4.74 Å². The molecule has 3 heteroatoms. The summed E-state index contributed by atoms with van der Waals surface area (Å²) in [6.07, 6.45) is 1.65. The van der Waals surface area contributed by atoms with Crippen molar-refractivity contribution in [1.82, 2.24) is 0 Å². The Hall–Kier alpha value is -1.41. The zero-order valence-corrected chi connectivity index (χ0v) is 10.2. The summed E-state index contributed by atoms with van der Waals surface area (Å²) < 4.78 is 5.33. The van der Waals surface area contributed by atoms with Crippen LogP contribution in [0, 0.1) is 0 Å². The highest BCUT2D eigenvalue weighted by Gasteiger charge is 2.06. The molecule has 0 bridgehead atoms. The van der Waals surface area contributed by atoms with E-state index in [1.807, 2.05) is 13.8 Å². The van der Waals surface area contributed by atoms with Crippen LogP contribution in [-0.2, 0) is 0 Å². The standard InChI is InChI=1S/C13H15ClO2/c1-4-7-16-12-6-5-10(8-11(12)14)13(15)9(2)3/h4-6,8,15H,1,7H2,2-3H3. The molecule has 86 valence electrons. The summed E-state index contributed by atoms with van der Waals surface area (Å²) in [6.45, 7) is 7.65. The molecule has 0 atom stereocenters. The maximum atomic E-state index is 9.75. The van der Waals surface area contributed by atoms with E-state index >= 15 is 0 Å². The second-order valence-electron chi connectivity index (χ2n) is 3.59. The van der Waals surface area contributed by atoms with Crippen molar-refractivity contribution in [3.8, 4) is 5.75 Å². The number of benzene rings is 1. The Bertz CT molecular complexity index is 418. The van der Waals surface area contributed by atoms with Gasteiger partial charge >= 0.3 is 0 Å². The van der Waals surface area contributed by atoms with E-state index in [2.05, 4.69) is 6.58 Å². The summed E-state index contributed by atoms with van der Waals surface area (Å²) in [6, 6.07) is 5.19. The molecule has 0 saturated heterocycles. The van der Waals surface area contributed by atoms with Crippen molar-refractivity contribution in [3.63, 3.8) is 0 Å². The van der Waals surface area contributed by atoms with Gasteiger partial charge in [-0.25, -0.2) is 0 Å². The van der Waals surface area contributed by atoms with E-state index < -0.39 is 0 Å². The van der Waals surface area contributed by atoms with Gasteiger partial charge < -0.3 is 9.84 Å². The van der Waals surface area contributed by atoms with Gasteiger partial charge in [0, 0.05) is 5.56 Å². The first-order chi connectivity index (χ1) is 7.56. The van der Waals surface area contributed by atoms with Crippen LogP contribution in [0.4, 0.5) is 0 Å². The summed E-state index contributed by atoms with van der Waals surface area (Å²) in [5.41, 5.74) is 1.53. The second-order valence-corrected chi connectivity index (χ2v) is 4.00. The van der Waals surface area contributed by atoms with Crippen LogP contribution in [0.2, 0.25) is 5.02 Å². The van der Waals surface area contributed by atoms with Gasteiger partial charge in [-0.3, -0.25) is 0 Å². The Kier molecular flexibility index (Phi) is 4.44. The van der Waals surface area contributed by atoms with Crippen molar-refractivity contribution < 1.29 is 9.84 Å². The fraction of sp³-hybridized carbons (Fsp3) is 0.231. The lowest BCUT2D eigenvalue weighted by molar-refractivity contribution is 0.363. The third kappa shape index (κ3) is 3.04. The first kappa shape index (κ1) is 12.7. The maximum absolute atomic E-state index is 9.75. The van der Waals surface area contributed by atoms with Gasteiger partial charge in [0.15, 0.2) is 0 Å². The van der Waals surface area contributed by atoms with Gasteiger partial charge in [0.05, 0.1) is 5.02 Å². The highest BCUT2D eigenvalue weighted by molar-refractivity contribution is 6.32. The Labute approximate surface area is 101 Å². The molecule has 0 heterocycles.